The van der Waals surface area contributed by atoms with E-state index in [2.05, 4.69) is 11.1 Å². The van der Waals surface area contributed by atoms with Crippen LogP contribution in [-0.2, 0) is 4.79 Å². The fraction of sp³-hybridized carbons (Fsp3) is 0.375. The van der Waals surface area contributed by atoms with E-state index < -0.39 is 5.41 Å². The van der Waals surface area contributed by atoms with Crippen molar-refractivity contribution in [3.63, 3.8) is 0 Å². The Bertz CT molecular complexity index is 756. The van der Waals surface area contributed by atoms with Crippen LogP contribution in [0.3, 0.4) is 0 Å². The molecular formula is C16H14N2O3. The summed E-state index contributed by atoms with van der Waals surface area (Å²) in [6.07, 6.45) is 3.59. The fourth-order valence-corrected chi connectivity index (χ4v) is 2.87. The topological polar surface area (TPSA) is 84.0 Å². The van der Waals surface area contributed by atoms with Crippen molar-refractivity contribution in [2.75, 3.05) is 0 Å². The molecule has 0 aliphatic heterocycles. The summed E-state index contributed by atoms with van der Waals surface area (Å²) in [5, 5.41) is 9.28. The van der Waals surface area contributed by atoms with Crippen LogP contribution in [0.25, 0.3) is 11.1 Å². The van der Waals surface area contributed by atoms with Crippen LogP contribution in [0.4, 0.5) is 0 Å². The summed E-state index contributed by atoms with van der Waals surface area (Å²) in [5.74, 6) is -0.0982. The van der Waals surface area contributed by atoms with E-state index in [9.17, 15) is 14.9 Å². The predicted octanol–water partition coefficient (Wildman–Crippen LogP) is 3.05. The van der Waals surface area contributed by atoms with Crippen molar-refractivity contribution < 1.29 is 14.0 Å². The van der Waals surface area contributed by atoms with E-state index in [0.29, 0.717) is 35.9 Å². The molecule has 2 aromatic rings. The molecule has 0 unspecified atom stereocenters. The molecule has 106 valence electrons. The molecule has 1 aliphatic rings. The molecule has 3 rings (SSSR count). The molecule has 5 heteroatoms. The highest BCUT2D eigenvalue weighted by Gasteiger charge is 2.42. The number of hydrogen-bond donors (Lipinski definition) is 0. The molecule has 1 heterocycles. The van der Waals surface area contributed by atoms with Crippen LogP contribution in [0, 0.1) is 16.7 Å². The van der Waals surface area contributed by atoms with Gasteiger partial charge in [0.1, 0.15) is 10.9 Å². The molecule has 0 amide bonds. The van der Waals surface area contributed by atoms with Crippen LogP contribution in [0.15, 0.2) is 29.0 Å². The largest absolute Gasteiger partial charge is 0.443 e. The number of aromatic nitrogens is 1. The second-order valence-electron chi connectivity index (χ2n) is 5.43. The van der Waals surface area contributed by atoms with Crippen molar-refractivity contribution in [3.8, 4) is 6.07 Å². The van der Waals surface area contributed by atoms with Crippen molar-refractivity contribution in [2.45, 2.75) is 32.1 Å². The Hall–Kier alpha value is -2.48. The van der Waals surface area contributed by atoms with Gasteiger partial charge in [0.05, 0.1) is 6.07 Å². The normalized spacial score (nSPS) is 21.6. The summed E-state index contributed by atoms with van der Waals surface area (Å²) in [6, 6.07) is 7.20. The predicted molar refractivity (Wildman–Crippen MR) is 74.5 cm³/mol. The van der Waals surface area contributed by atoms with Crippen molar-refractivity contribution in [1.29, 1.82) is 5.26 Å². The number of nitriles is 1. The van der Waals surface area contributed by atoms with E-state index in [1.54, 1.807) is 18.2 Å². The van der Waals surface area contributed by atoms with Gasteiger partial charge in [-0.25, -0.2) is 4.98 Å². The molecule has 0 saturated heterocycles. The zero-order valence-corrected chi connectivity index (χ0v) is 11.5. The summed E-state index contributed by atoms with van der Waals surface area (Å²) < 4.78 is 5.13. The monoisotopic (exact) mass is 282 g/mol. The first kappa shape index (κ1) is 13.5. The van der Waals surface area contributed by atoms with Gasteiger partial charge in [-0.1, -0.05) is 0 Å². The van der Waals surface area contributed by atoms with E-state index in [1.165, 1.54) is 6.39 Å². The number of fused-ring (bicyclic) bond motifs is 1. The van der Waals surface area contributed by atoms with E-state index in [-0.39, 0.29) is 18.0 Å². The van der Waals surface area contributed by atoms with Gasteiger partial charge in [-0.2, -0.15) is 5.26 Å². The Morgan fingerprint density at radius 3 is 3.05 bits per heavy atom. The molecule has 1 aromatic heterocycles. The highest BCUT2D eigenvalue weighted by Crippen LogP contribution is 2.38. The zero-order valence-electron chi connectivity index (χ0n) is 11.5. The smallest absolute Gasteiger partial charge is 0.181 e. The molecule has 1 aliphatic carbocycles. The number of Topliss-reactive ketones (excluding diaryl/α,β-unsaturated/α-hetero) is 2. The quantitative estimate of drug-likeness (QED) is 0.805. The molecule has 1 fully saturated rings. The Morgan fingerprint density at radius 1 is 1.48 bits per heavy atom. The Morgan fingerprint density at radius 2 is 2.33 bits per heavy atom. The second-order valence-corrected chi connectivity index (χ2v) is 5.43. The lowest BCUT2D eigenvalue weighted by Crippen LogP contribution is -2.24. The number of ketones is 2. The Kier molecular flexibility index (Phi) is 3.30. The maximum absolute atomic E-state index is 12.3. The third-order valence-corrected chi connectivity index (χ3v) is 4.19. The third-order valence-electron chi connectivity index (χ3n) is 4.19. The number of hydrogen-bond acceptors (Lipinski definition) is 5. The van der Waals surface area contributed by atoms with Gasteiger partial charge in [-0.05, 0) is 37.5 Å². The third kappa shape index (κ3) is 2.33. The van der Waals surface area contributed by atoms with E-state index in [1.807, 2.05) is 0 Å². The van der Waals surface area contributed by atoms with E-state index >= 15 is 0 Å². The molecule has 1 saturated carbocycles. The van der Waals surface area contributed by atoms with Crippen LogP contribution in [0.1, 0.15) is 42.5 Å². The summed E-state index contributed by atoms with van der Waals surface area (Å²) in [4.78, 5) is 28.1. The summed E-state index contributed by atoms with van der Waals surface area (Å²) in [6.45, 7) is 0. The maximum Gasteiger partial charge on any atom is 0.181 e. The minimum absolute atomic E-state index is 0.0234. The highest BCUT2D eigenvalue weighted by molar-refractivity contribution is 5.99. The van der Waals surface area contributed by atoms with Gasteiger partial charge in [-0.15, -0.1) is 0 Å². The first-order valence-corrected chi connectivity index (χ1v) is 6.96. The fourth-order valence-electron chi connectivity index (χ4n) is 2.87. The average molecular weight is 282 g/mol. The number of carbonyl (C=O) groups excluding carboxylic acids is 2. The van der Waals surface area contributed by atoms with Crippen molar-refractivity contribution in [3.05, 3.63) is 30.2 Å². The van der Waals surface area contributed by atoms with Crippen LogP contribution in [0.2, 0.25) is 0 Å². The van der Waals surface area contributed by atoms with Crippen LogP contribution in [0.5, 0.6) is 0 Å². The summed E-state index contributed by atoms with van der Waals surface area (Å²) in [7, 11) is 0. The molecule has 1 atom stereocenters. The first-order valence-electron chi connectivity index (χ1n) is 6.96. The van der Waals surface area contributed by atoms with Gasteiger partial charge in [-0.3, -0.25) is 9.59 Å². The van der Waals surface area contributed by atoms with Crippen LogP contribution < -0.4 is 0 Å². The highest BCUT2D eigenvalue weighted by atomic mass is 16.3. The average Bonchev–Trinajstić information content (AvgIpc) is 3.11. The molecule has 0 radical (unpaired) electrons. The number of nitrogens with zero attached hydrogens (tertiary/aromatic N) is 2. The van der Waals surface area contributed by atoms with E-state index in [0.717, 1.165) is 6.42 Å². The maximum atomic E-state index is 12.3. The van der Waals surface area contributed by atoms with Gasteiger partial charge in [0.25, 0.3) is 0 Å². The van der Waals surface area contributed by atoms with Gasteiger partial charge in [0.15, 0.2) is 23.5 Å². The Labute approximate surface area is 121 Å². The molecular weight excluding hydrogens is 268 g/mol. The molecule has 0 spiro atoms. The molecule has 5 nitrogen and oxygen atoms in total. The minimum atomic E-state index is -0.951. The number of oxazole rings is 1. The first-order chi connectivity index (χ1) is 10.1. The standard InChI is InChI=1S/C16H14N2O3/c17-9-16(6-1-2-15(16)20)7-5-13(19)11-3-4-14-12(8-11)18-10-21-14/h3-4,8,10H,1-2,5-7H2/t16-/m1/s1. The Balaban J connectivity index is 1.74. The minimum Gasteiger partial charge on any atom is -0.443 e. The van der Waals surface area contributed by atoms with Gasteiger partial charge < -0.3 is 4.42 Å². The zero-order chi connectivity index (χ0) is 14.9. The SMILES string of the molecule is N#C[C@]1(CCC(=O)c2ccc3ocnc3c2)CCCC1=O. The molecule has 1 aromatic carbocycles. The molecule has 0 N–H and O–H groups in total. The van der Waals surface area contributed by atoms with Gasteiger partial charge in [0, 0.05) is 18.4 Å². The lowest BCUT2D eigenvalue weighted by Gasteiger charge is -2.17. The van der Waals surface area contributed by atoms with Gasteiger partial charge >= 0.3 is 0 Å². The lowest BCUT2D eigenvalue weighted by atomic mass is 9.81. The van der Waals surface area contributed by atoms with Crippen molar-refractivity contribution in [1.82, 2.24) is 4.98 Å². The number of rotatable bonds is 4. The molecule has 21 heavy (non-hydrogen) atoms. The van der Waals surface area contributed by atoms with Crippen LogP contribution >= 0.6 is 0 Å². The van der Waals surface area contributed by atoms with Crippen LogP contribution in [-0.4, -0.2) is 16.6 Å². The number of carbonyl (C=O) groups is 2. The van der Waals surface area contributed by atoms with E-state index in [4.69, 9.17) is 4.42 Å². The number of benzene rings is 1. The second kappa shape index (κ2) is 5.13. The lowest BCUT2D eigenvalue weighted by molar-refractivity contribution is -0.123. The molecule has 0 bridgehead atoms. The summed E-state index contributed by atoms with van der Waals surface area (Å²) >= 11 is 0. The summed E-state index contributed by atoms with van der Waals surface area (Å²) in [5.41, 5.74) is 0.849. The van der Waals surface area contributed by atoms with Gasteiger partial charge in [0.2, 0.25) is 0 Å². The van der Waals surface area contributed by atoms with Crippen molar-refractivity contribution in [2.24, 2.45) is 5.41 Å². The van der Waals surface area contributed by atoms with Crippen molar-refractivity contribution >= 4 is 22.7 Å².